The highest BCUT2D eigenvalue weighted by Gasteiger charge is 2.32. The number of likely N-dealkylation sites (tertiary alicyclic amines) is 1. The smallest absolute Gasteiger partial charge is 0.338 e. The minimum atomic E-state index is -0.680. The van der Waals surface area contributed by atoms with Gasteiger partial charge in [0.25, 0.3) is 5.91 Å². The monoisotopic (exact) mass is 456 g/mol. The molecule has 0 aromatic heterocycles. The summed E-state index contributed by atoms with van der Waals surface area (Å²) in [6.07, 6.45) is 1.72. The fraction of sp³-hybridized carbons (Fsp3) is 0.400. The predicted molar refractivity (Wildman–Crippen MR) is 124 cm³/mol. The van der Waals surface area contributed by atoms with Gasteiger partial charge >= 0.3 is 5.97 Å². The summed E-state index contributed by atoms with van der Waals surface area (Å²) in [6, 6.07) is 13.6. The van der Waals surface area contributed by atoms with Crippen LogP contribution in [0.2, 0.25) is 5.02 Å². The molecule has 0 spiro atoms. The van der Waals surface area contributed by atoms with Gasteiger partial charge in [-0.25, -0.2) is 4.79 Å². The quantitative estimate of drug-likeness (QED) is 0.658. The van der Waals surface area contributed by atoms with E-state index in [0.717, 1.165) is 12.8 Å². The van der Waals surface area contributed by atoms with Crippen molar-refractivity contribution >= 4 is 29.4 Å². The van der Waals surface area contributed by atoms with Crippen molar-refractivity contribution in [3.63, 3.8) is 0 Å². The molecule has 1 unspecified atom stereocenters. The molecule has 170 valence electrons. The van der Waals surface area contributed by atoms with Crippen LogP contribution in [0.15, 0.2) is 48.5 Å². The number of methoxy groups -OCH3 is 1. The standard InChI is InChI=1S/C25H29ClN2O4/c1-16(2)22(27-23(29)20-6-4-5-7-21(20)25(31)32-3)24(30)28-14-12-18(13-15-28)17-8-10-19(26)11-9-17/h4-11,16,18,22H,12-15H2,1-3H3,(H,27,29). The van der Waals surface area contributed by atoms with Crippen LogP contribution in [0.1, 0.15) is 58.9 Å². The number of carbonyl (C=O) groups is 3. The first kappa shape index (κ1) is 23.8. The molecule has 0 saturated carbocycles. The average Bonchev–Trinajstić information content (AvgIpc) is 2.82. The lowest BCUT2D eigenvalue weighted by molar-refractivity contribution is -0.135. The number of halogens is 1. The first-order chi connectivity index (χ1) is 15.3. The summed E-state index contributed by atoms with van der Waals surface area (Å²) in [7, 11) is 1.27. The molecule has 7 heteroatoms. The second kappa shape index (κ2) is 10.6. The van der Waals surface area contributed by atoms with Crippen molar-refractivity contribution in [3.05, 3.63) is 70.2 Å². The number of hydrogen-bond acceptors (Lipinski definition) is 4. The van der Waals surface area contributed by atoms with Crippen LogP contribution < -0.4 is 5.32 Å². The lowest BCUT2D eigenvalue weighted by Gasteiger charge is -2.35. The Balaban J connectivity index is 1.67. The molecule has 2 aromatic carbocycles. The molecule has 0 radical (unpaired) electrons. The van der Waals surface area contributed by atoms with Crippen LogP contribution in [0.4, 0.5) is 0 Å². The van der Waals surface area contributed by atoms with Gasteiger partial charge in [-0.15, -0.1) is 0 Å². The molecule has 1 N–H and O–H groups in total. The van der Waals surface area contributed by atoms with Crippen LogP contribution in [0, 0.1) is 5.92 Å². The molecule has 1 aliphatic heterocycles. The second-order valence-electron chi connectivity index (χ2n) is 8.38. The predicted octanol–water partition coefficient (Wildman–Crippen LogP) is 4.29. The summed E-state index contributed by atoms with van der Waals surface area (Å²) in [5, 5.41) is 3.56. The fourth-order valence-corrected chi connectivity index (χ4v) is 4.19. The van der Waals surface area contributed by atoms with Gasteiger partial charge in [0.1, 0.15) is 6.04 Å². The van der Waals surface area contributed by atoms with E-state index in [4.69, 9.17) is 16.3 Å². The first-order valence-corrected chi connectivity index (χ1v) is 11.2. The molecular weight excluding hydrogens is 428 g/mol. The molecular formula is C25H29ClN2O4. The highest BCUT2D eigenvalue weighted by molar-refractivity contribution is 6.30. The Labute approximate surface area is 193 Å². The first-order valence-electron chi connectivity index (χ1n) is 10.8. The molecule has 32 heavy (non-hydrogen) atoms. The molecule has 1 saturated heterocycles. The van der Waals surface area contributed by atoms with E-state index in [-0.39, 0.29) is 23.0 Å². The fourth-order valence-electron chi connectivity index (χ4n) is 4.07. The zero-order valence-electron chi connectivity index (χ0n) is 18.6. The van der Waals surface area contributed by atoms with Gasteiger partial charge in [-0.05, 0) is 54.5 Å². The van der Waals surface area contributed by atoms with Crippen molar-refractivity contribution in [1.82, 2.24) is 10.2 Å². The third-order valence-corrected chi connectivity index (χ3v) is 6.20. The minimum absolute atomic E-state index is 0.0987. The number of nitrogens with one attached hydrogen (secondary N) is 1. The van der Waals surface area contributed by atoms with Crippen LogP contribution in [0.5, 0.6) is 0 Å². The Morgan fingerprint density at radius 1 is 1.00 bits per heavy atom. The Morgan fingerprint density at radius 2 is 1.59 bits per heavy atom. The molecule has 6 nitrogen and oxygen atoms in total. The van der Waals surface area contributed by atoms with Crippen molar-refractivity contribution in [2.24, 2.45) is 5.92 Å². The van der Waals surface area contributed by atoms with E-state index in [1.807, 2.05) is 43.0 Å². The van der Waals surface area contributed by atoms with Crippen molar-refractivity contribution in [2.45, 2.75) is 38.6 Å². The van der Waals surface area contributed by atoms with E-state index in [1.165, 1.54) is 18.7 Å². The lowest BCUT2D eigenvalue weighted by Crippen LogP contribution is -2.53. The third-order valence-electron chi connectivity index (χ3n) is 5.94. The maximum atomic E-state index is 13.3. The van der Waals surface area contributed by atoms with Gasteiger partial charge in [-0.2, -0.15) is 0 Å². The normalized spacial score (nSPS) is 15.3. The van der Waals surface area contributed by atoms with E-state index in [1.54, 1.807) is 18.2 Å². The van der Waals surface area contributed by atoms with Gasteiger partial charge in [0.2, 0.25) is 5.91 Å². The van der Waals surface area contributed by atoms with E-state index < -0.39 is 17.9 Å². The number of esters is 1. The molecule has 2 amide bonds. The number of piperidine rings is 1. The van der Waals surface area contributed by atoms with Gasteiger partial charge in [-0.3, -0.25) is 9.59 Å². The summed E-state index contributed by atoms with van der Waals surface area (Å²) < 4.78 is 4.77. The Hall–Kier alpha value is -2.86. The number of amides is 2. The van der Waals surface area contributed by atoms with Gasteiger partial charge in [-0.1, -0.05) is 49.7 Å². The van der Waals surface area contributed by atoms with Crippen LogP contribution in [0.3, 0.4) is 0 Å². The topological polar surface area (TPSA) is 75.7 Å². The van der Waals surface area contributed by atoms with Crippen molar-refractivity contribution in [2.75, 3.05) is 20.2 Å². The highest BCUT2D eigenvalue weighted by Crippen LogP contribution is 2.29. The van der Waals surface area contributed by atoms with Gasteiger partial charge in [0.05, 0.1) is 18.2 Å². The number of carbonyl (C=O) groups excluding carboxylic acids is 3. The summed E-state index contributed by atoms with van der Waals surface area (Å²) in [5.41, 5.74) is 1.60. The molecule has 2 aromatic rings. The van der Waals surface area contributed by atoms with Crippen LogP contribution in [-0.4, -0.2) is 48.9 Å². The summed E-state index contributed by atoms with van der Waals surface area (Å²) in [5.74, 6) is -0.874. The van der Waals surface area contributed by atoms with Gasteiger partial charge < -0.3 is 15.0 Å². The van der Waals surface area contributed by atoms with Gasteiger partial charge in [0.15, 0.2) is 0 Å². The third kappa shape index (κ3) is 5.49. The summed E-state index contributed by atoms with van der Waals surface area (Å²) in [4.78, 5) is 40.1. The largest absolute Gasteiger partial charge is 0.465 e. The molecule has 0 aliphatic carbocycles. The van der Waals surface area contributed by atoms with Crippen LogP contribution in [-0.2, 0) is 9.53 Å². The molecule has 0 bridgehead atoms. The van der Waals surface area contributed by atoms with E-state index in [0.29, 0.717) is 24.0 Å². The van der Waals surface area contributed by atoms with Crippen molar-refractivity contribution < 1.29 is 19.1 Å². The summed E-state index contributed by atoms with van der Waals surface area (Å²) in [6.45, 7) is 5.05. The number of benzene rings is 2. The molecule has 1 aliphatic rings. The van der Waals surface area contributed by atoms with Crippen LogP contribution in [0.25, 0.3) is 0 Å². The molecule has 3 rings (SSSR count). The van der Waals surface area contributed by atoms with E-state index >= 15 is 0 Å². The van der Waals surface area contributed by atoms with Crippen molar-refractivity contribution in [1.29, 1.82) is 0 Å². The van der Waals surface area contributed by atoms with Crippen LogP contribution >= 0.6 is 11.6 Å². The van der Waals surface area contributed by atoms with E-state index in [9.17, 15) is 14.4 Å². The SMILES string of the molecule is COC(=O)c1ccccc1C(=O)NC(C(=O)N1CCC(c2ccc(Cl)cc2)CC1)C(C)C. The van der Waals surface area contributed by atoms with Gasteiger partial charge in [0, 0.05) is 18.1 Å². The zero-order valence-corrected chi connectivity index (χ0v) is 19.4. The van der Waals surface area contributed by atoms with Crippen molar-refractivity contribution in [3.8, 4) is 0 Å². The lowest BCUT2D eigenvalue weighted by atomic mass is 9.89. The zero-order chi connectivity index (χ0) is 23.3. The highest BCUT2D eigenvalue weighted by atomic mass is 35.5. The number of ether oxygens (including phenoxy) is 1. The Kier molecular flexibility index (Phi) is 7.91. The summed E-state index contributed by atoms with van der Waals surface area (Å²) >= 11 is 5.99. The van der Waals surface area contributed by atoms with E-state index in [2.05, 4.69) is 5.32 Å². The molecule has 1 atom stereocenters. The molecule has 1 heterocycles. The number of rotatable bonds is 6. The Morgan fingerprint density at radius 3 is 2.16 bits per heavy atom. The average molecular weight is 457 g/mol. The second-order valence-corrected chi connectivity index (χ2v) is 8.82. The maximum Gasteiger partial charge on any atom is 0.338 e. The maximum absolute atomic E-state index is 13.3. The minimum Gasteiger partial charge on any atom is -0.465 e. The number of hydrogen-bond donors (Lipinski definition) is 1. The number of nitrogens with zero attached hydrogens (tertiary/aromatic N) is 1. The molecule has 1 fully saturated rings. The Bertz CT molecular complexity index is 966.